The van der Waals surface area contributed by atoms with E-state index in [1.54, 1.807) is 7.11 Å². The maximum absolute atomic E-state index is 12.6. The van der Waals surface area contributed by atoms with E-state index in [0.29, 0.717) is 0 Å². The number of ether oxygens (including phenoxy) is 1. The third-order valence-corrected chi connectivity index (χ3v) is 6.04. The summed E-state index contributed by atoms with van der Waals surface area (Å²) in [5.74, 6) is 0.194. The highest BCUT2D eigenvalue weighted by Gasteiger charge is 2.59. The first kappa shape index (κ1) is 14.8. The first-order valence-corrected chi connectivity index (χ1v) is 7.23. The van der Waals surface area contributed by atoms with Gasteiger partial charge in [-0.1, -0.05) is 13.8 Å². The van der Waals surface area contributed by atoms with Gasteiger partial charge in [0, 0.05) is 18.6 Å². The van der Waals surface area contributed by atoms with Crippen molar-refractivity contribution in [3.8, 4) is 0 Å². The molecule has 2 aliphatic carbocycles. The van der Waals surface area contributed by atoms with Crippen molar-refractivity contribution in [2.75, 3.05) is 21.2 Å². The first-order chi connectivity index (χ1) is 8.69. The molecule has 2 saturated carbocycles. The minimum absolute atomic E-state index is 0.0192. The Morgan fingerprint density at radius 3 is 2.16 bits per heavy atom. The van der Waals surface area contributed by atoms with Crippen molar-refractivity contribution in [2.45, 2.75) is 63.6 Å². The molecule has 19 heavy (non-hydrogen) atoms. The lowest BCUT2D eigenvalue weighted by Gasteiger charge is -2.60. The third-order valence-electron chi connectivity index (χ3n) is 6.04. The van der Waals surface area contributed by atoms with Crippen LogP contribution in [0.3, 0.4) is 0 Å². The van der Waals surface area contributed by atoms with E-state index in [9.17, 15) is 4.79 Å². The lowest BCUT2D eigenvalue weighted by Crippen LogP contribution is -2.72. The zero-order chi connectivity index (χ0) is 14.5. The molecule has 0 radical (unpaired) electrons. The molecule has 1 N–H and O–H groups in total. The molecule has 0 bridgehead atoms. The fourth-order valence-electron chi connectivity index (χ4n) is 3.40. The summed E-state index contributed by atoms with van der Waals surface area (Å²) < 4.78 is 5.61. The number of methoxy groups -OCH3 is 1. The zero-order valence-electron chi connectivity index (χ0n) is 13.2. The van der Waals surface area contributed by atoms with Gasteiger partial charge in [0.15, 0.2) is 0 Å². The highest BCUT2D eigenvalue weighted by molar-refractivity contribution is 5.87. The smallest absolute Gasteiger partial charge is 0.240 e. The highest BCUT2D eigenvalue weighted by Crippen LogP contribution is 2.52. The van der Waals surface area contributed by atoms with Gasteiger partial charge in [-0.3, -0.25) is 9.69 Å². The van der Waals surface area contributed by atoms with Crippen LogP contribution in [-0.4, -0.2) is 49.2 Å². The van der Waals surface area contributed by atoms with Crippen LogP contribution in [0.2, 0.25) is 0 Å². The molecule has 0 heterocycles. The second kappa shape index (κ2) is 4.45. The Bertz CT molecular complexity index is 374. The van der Waals surface area contributed by atoms with Gasteiger partial charge >= 0.3 is 0 Å². The molecular formula is C15H28N2O2. The van der Waals surface area contributed by atoms with E-state index in [4.69, 9.17) is 4.74 Å². The number of nitrogens with zero attached hydrogens (tertiary/aromatic N) is 1. The normalized spacial score (nSPS) is 35.4. The molecule has 4 heteroatoms. The van der Waals surface area contributed by atoms with Crippen LogP contribution in [0, 0.1) is 5.41 Å². The number of carbonyl (C=O) groups excluding carboxylic acids is 1. The Balaban J connectivity index is 2.02. The molecule has 2 fully saturated rings. The topological polar surface area (TPSA) is 41.6 Å². The first-order valence-electron chi connectivity index (χ1n) is 7.23. The molecule has 0 aromatic heterocycles. The third kappa shape index (κ3) is 1.91. The molecule has 2 rings (SSSR count). The standard InChI is InChI=1S/C15H28N2O2/c1-13(2)11(10-14(13,3)19-6)16-12(18)15(17(4)5)8-7-9-15/h11H,7-10H2,1-6H3,(H,16,18)/t11-,14+/m0/s1. The van der Waals surface area contributed by atoms with Crippen molar-refractivity contribution < 1.29 is 9.53 Å². The van der Waals surface area contributed by atoms with Crippen LogP contribution in [0.5, 0.6) is 0 Å². The number of nitrogens with one attached hydrogen (secondary N) is 1. The number of rotatable bonds is 4. The number of hydrogen-bond acceptors (Lipinski definition) is 3. The summed E-state index contributed by atoms with van der Waals surface area (Å²) in [6.07, 6.45) is 3.99. The lowest BCUT2D eigenvalue weighted by molar-refractivity contribution is -0.185. The van der Waals surface area contributed by atoms with Gasteiger partial charge in [0.1, 0.15) is 0 Å². The summed E-state index contributed by atoms with van der Waals surface area (Å²) in [6, 6.07) is 0.211. The van der Waals surface area contributed by atoms with Crippen LogP contribution < -0.4 is 5.32 Å². The van der Waals surface area contributed by atoms with Gasteiger partial charge < -0.3 is 10.1 Å². The number of likely N-dealkylation sites (N-methyl/N-ethyl adjacent to an activating group) is 1. The van der Waals surface area contributed by atoms with Gasteiger partial charge in [-0.15, -0.1) is 0 Å². The van der Waals surface area contributed by atoms with Gasteiger partial charge in [-0.25, -0.2) is 0 Å². The number of carbonyl (C=O) groups is 1. The Labute approximate surface area is 116 Å². The average molecular weight is 268 g/mol. The van der Waals surface area contributed by atoms with Crippen molar-refractivity contribution in [3.63, 3.8) is 0 Å². The van der Waals surface area contributed by atoms with Crippen molar-refractivity contribution in [2.24, 2.45) is 5.41 Å². The van der Waals surface area contributed by atoms with Crippen LogP contribution in [0.1, 0.15) is 46.5 Å². The van der Waals surface area contributed by atoms with Crippen molar-refractivity contribution in [1.82, 2.24) is 10.2 Å². The molecule has 0 spiro atoms. The second-order valence-electron chi connectivity index (χ2n) is 7.17. The Morgan fingerprint density at radius 1 is 1.26 bits per heavy atom. The fraction of sp³-hybridized carbons (Fsp3) is 0.933. The SMILES string of the molecule is CO[C@]1(C)C[C@H](NC(=O)C2(N(C)C)CCC2)C1(C)C. The van der Waals surface area contributed by atoms with Crippen LogP contribution >= 0.6 is 0 Å². The van der Waals surface area contributed by atoms with Crippen LogP contribution in [0.25, 0.3) is 0 Å². The van der Waals surface area contributed by atoms with Gasteiger partial charge in [0.05, 0.1) is 11.1 Å². The van der Waals surface area contributed by atoms with Crippen molar-refractivity contribution in [1.29, 1.82) is 0 Å². The van der Waals surface area contributed by atoms with E-state index in [-0.39, 0.29) is 28.5 Å². The molecule has 0 saturated heterocycles. The summed E-state index contributed by atoms with van der Waals surface area (Å²) in [4.78, 5) is 14.7. The van der Waals surface area contributed by atoms with Gasteiger partial charge in [-0.2, -0.15) is 0 Å². The monoisotopic (exact) mass is 268 g/mol. The summed E-state index contributed by atoms with van der Waals surface area (Å²) in [5.41, 5.74) is -0.417. The molecule has 0 unspecified atom stereocenters. The van der Waals surface area contributed by atoms with E-state index in [1.165, 1.54) is 0 Å². The molecule has 4 nitrogen and oxygen atoms in total. The average Bonchev–Trinajstić information content (AvgIpc) is 2.25. The summed E-state index contributed by atoms with van der Waals surface area (Å²) in [7, 11) is 5.76. The van der Waals surface area contributed by atoms with Crippen LogP contribution in [-0.2, 0) is 9.53 Å². The maximum atomic E-state index is 12.6. The molecular weight excluding hydrogens is 240 g/mol. The van der Waals surface area contributed by atoms with E-state index in [0.717, 1.165) is 25.7 Å². The predicted octanol–water partition coefficient (Wildman–Crippen LogP) is 1.79. The minimum atomic E-state index is -0.269. The van der Waals surface area contributed by atoms with E-state index >= 15 is 0 Å². The highest BCUT2D eigenvalue weighted by atomic mass is 16.5. The number of amides is 1. The van der Waals surface area contributed by atoms with E-state index in [1.807, 2.05) is 14.1 Å². The Kier molecular flexibility index (Phi) is 3.47. The van der Waals surface area contributed by atoms with E-state index in [2.05, 4.69) is 31.0 Å². The molecule has 0 aliphatic heterocycles. The minimum Gasteiger partial charge on any atom is -0.378 e. The molecule has 1 amide bonds. The van der Waals surface area contributed by atoms with Crippen molar-refractivity contribution >= 4 is 5.91 Å². The van der Waals surface area contributed by atoms with Gasteiger partial charge in [-0.05, 0) is 46.7 Å². The van der Waals surface area contributed by atoms with Gasteiger partial charge in [0.2, 0.25) is 5.91 Å². The molecule has 2 aliphatic rings. The summed E-state index contributed by atoms with van der Waals surface area (Å²) >= 11 is 0. The molecule has 0 aromatic carbocycles. The summed E-state index contributed by atoms with van der Waals surface area (Å²) in [5, 5.41) is 3.26. The van der Waals surface area contributed by atoms with Crippen LogP contribution in [0.4, 0.5) is 0 Å². The summed E-state index contributed by atoms with van der Waals surface area (Å²) in [6.45, 7) is 6.48. The molecule has 2 atom stereocenters. The Hall–Kier alpha value is -0.610. The Morgan fingerprint density at radius 2 is 1.84 bits per heavy atom. The van der Waals surface area contributed by atoms with Crippen molar-refractivity contribution in [3.05, 3.63) is 0 Å². The zero-order valence-corrected chi connectivity index (χ0v) is 13.2. The van der Waals surface area contributed by atoms with Gasteiger partial charge in [0.25, 0.3) is 0 Å². The maximum Gasteiger partial charge on any atom is 0.240 e. The quantitative estimate of drug-likeness (QED) is 0.845. The van der Waals surface area contributed by atoms with E-state index < -0.39 is 0 Å². The molecule has 110 valence electrons. The molecule has 0 aromatic rings. The second-order valence-corrected chi connectivity index (χ2v) is 7.17. The number of hydrogen-bond donors (Lipinski definition) is 1. The predicted molar refractivity (Wildman–Crippen MR) is 76.0 cm³/mol. The largest absolute Gasteiger partial charge is 0.378 e. The lowest BCUT2D eigenvalue weighted by atomic mass is 9.55. The fourth-order valence-corrected chi connectivity index (χ4v) is 3.40. The van der Waals surface area contributed by atoms with Crippen LogP contribution in [0.15, 0.2) is 0 Å².